The van der Waals surface area contributed by atoms with Crippen LogP contribution in [0.25, 0.3) is 0 Å². The van der Waals surface area contributed by atoms with Gasteiger partial charge < -0.3 is 20.5 Å². The summed E-state index contributed by atoms with van der Waals surface area (Å²) < 4.78 is 30.7. The van der Waals surface area contributed by atoms with Crippen LogP contribution in [0.3, 0.4) is 0 Å². The average Bonchev–Trinajstić information content (AvgIpc) is 2.83. The normalized spacial score (nSPS) is 25.2. The lowest BCUT2D eigenvalue weighted by Crippen LogP contribution is -2.49. The first-order chi connectivity index (χ1) is 17.2. The number of pyridine rings is 1. The van der Waals surface area contributed by atoms with Crippen LogP contribution < -0.4 is 10.6 Å². The molecule has 3 aliphatic rings. The molecule has 4 rings (SSSR count). The third kappa shape index (κ3) is 7.17. The van der Waals surface area contributed by atoms with Crippen LogP contribution in [-0.4, -0.2) is 79.3 Å². The third-order valence-electron chi connectivity index (χ3n) is 7.55. The highest BCUT2D eigenvalue weighted by Crippen LogP contribution is 2.34. The topological polar surface area (TPSA) is 138 Å². The number of fused-ring (bicyclic) bond motifs is 1. The average molecular weight is 523 g/mol. The van der Waals surface area contributed by atoms with Crippen LogP contribution in [0.2, 0.25) is 0 Å². The number of carbonyl (C=O) groups excluding carboxylic acids is 1. The number of aromatic nitrogens is 1. The Hall–Kier alpha value is -2.24. The number of nitrogens with one attached hydrogen (secondary N) is 2. The number of ether oxygens (including phenoxy) is 1. The monoisotopic (exact) mass is 522 g/mol. The summed E-state index contributed by atoms with van der Waals surface area (Å²) in [5.74, 6) is -0.444. The molecule has 0 spiro atoms. The summed E-state index contributed by atoms with van der Waals surface area (Å²) in [5, 5.41) is 15.5. The number of carbonyl (C=O) groups is 2. The first-order valence-corrected chi connectivity index (χ1v) is 14.9. The van der Waals surface area contributed by atoms with Crippen molar-refractivity contribution in [2.45, 2.75) is 69.9 Å². The molecule has 1 unspecified atom stereocenters. The molecule has 10 nitrogen and oxygen atoms in total. The molecule has 3 N–H and O–H groups in total. The number of aryl methyl sites for hydroxylation is 2. The van der Waals surface area contributed by atoms with E-state index in [-0.39, 0.29) is 25.7 Å². The second-order valence-corrected chi connectivity index (χ2v) is 12.3. The van der Waals surface area contributed by atoms with Crippen LogP contribution in [0.15, 0.2) is 12.1 Å². The quantitative estimate of drug-likeness (QED) is 0.400. The van der Waals surface area contributed by atoms with E-state index in [0.717, 1.165) is 62.8 Å². The van der Waals surface area contributed by atoms with Gasteiger partial charge in [-0.1, -0.05) is 6.07 Å². The molecule has 11 heteroatoms. The molecule has 2 fully saturated rings. The number of hydrogen-bond acceptors (Lipinski definition) is 7. The van der Waals surface area contributed by atoms with Crippen LogP contribution in [0.1, 0.15) is 56.2 Å². The Bertz CT molecular complexity index is 1040. The van der Waals surface area contributed by atoms with Crippen LogP contribution in [0.4, 0.5) is 5.82 Å². The van der Waals surface area contributed by atoms with Gasteiger partial charge in [-0.15, -0.1) is 0 Å². The lowest BCUT2D eigenvalue weighted by molar-refractivity contribution is -0.143. The Morgan fingerprint density at radius 3 is 2.86 bits per heavy atom. The Balaban J connectivity index is 1.14. The first kappa shape index (κ1) is 26.8. The van der Waals surface area contributed by atoms with Crippen molar-refractivity contribution in [1.29, 1.82) is 0 Å². The van der Waals surface area contributed by atoms with Gasteiger partial charge in [0.05, 0.1) is 18.3 Å². The van der Waals surface area contributed by atoms with Crippen LogP contribution in [0, 0.1) is 11.8 Å². The zero-order valence-electron chi connectivity index (χ0n) is 20.9. The molecule has 2 aliphatic heterocycles. The molecule has 1 saturated carbocycles. The van der Waals surface area contributed by atoms with Gasteiger partial charge in [-0.25, -0.2) is 22.5 Å². The van der Waals surface area contributed by atoms with Crippen molar-refractivity contribution in [3.63, 3.8) is 0 Å². The molecule has 0 bridgehead atoms. The fraction of sp³-hybridized carbons (Fsp3) is 0.720. The van der Waals surface area contributed by atoms with E-state index < -0.39 is 33.9 Å². The highest BCUT2D eigenvalue weighted by molar-refractivity contribution is 7.88. The Morgan fingerprint density at radius 2 is 2.11 bits per heavy atom. The lowest BCUT2D eigenvalue weighted by atomic mass is 9.79. The molecule has 1 aromatic heterocycles. The van der Waals surface area contributed by atoms with Crippen molar-refractivity contribution < 1.29 is 27.9 Å². The minimum absolute atomic E-state index is 0.0917. The smallest absolute Gasteiger partial charge is 0.326 e. The molecule has 0 radical (unpaired) electrons. The summed E-state index contributed by atoms with van der Waals surface area (Å²) in [6.45, 7) is 1.73. The molecule has 2 atom stereocenters. The number of carboxylic acid groups (broad SMARTS) is 1. The van der Waals surface area contributed by atoms with E-state index in [9.17, 15) is 23.1 Å². The molecule has 1 aliphatic carbocycles. The third-order valence-corrected chi connectivity index (χ3v) is 8.82. The number of nitrogens with zero attached hydrogens (tertiary/aromatic N) is 2. The van der Waals surface area contributed by atoms with E-state index in [4.69, 9.17) is 9.72 Å². The molecule has 3 heterocycles. The lowest BCUT2D eigenvalue weighted by Gasteiger charge is -2.35. The number of sulfonamides is 1. The molecular formula is C25H38N4O6S. The van der Waals surface area contributed by atoms with Gasteiger partial charge in [0.1, 0.15) is 11.9 Å². The second kappa shape index (κ2) is 11.9. The summed E-state index contributed by atoms with van der Waals surface area (Å²) in [6, 6.07) is 3.26. The number of amides is 1. The predicted molar refractivity (Wildman–Crippen MR) is 135 cm³/mol. The van der Waals surface area contributed by atoms with Gasteiger partial charge in [0, 0.05) is 38.4 Å². The Morgan fingerprint density at radius 1 is 1.31 bits per heavy atom. The van der Waals surface area contributed by atoms with E-state index in [0.29, 0.717) is 25.3 Å². The number of aliphatic carboxylic acids is 1. The van der Waals surface area contributed by atoms with Gasteiger partial charge >= 0.3 is 5.97 Å². The SMILES string of the molecule is CS(=O)(=O)N1CCCC(C(=O)N[C@H](CCOC2CC(CCc3ccc4c(n3)NCCC4)C2)C(=O)O)C1. The molecule has 1 aromatic rings. The van der Waals surface area contributed by atoms with Crippen molar-refractivity contribution in [1.82, 2.24) is 14.6 Å². The van der Waals surface area contributed by atoms with Gasteiger partial charge in [-0.2, -0.15) is 0 Å². The van der Waals surface area contributed by atoms with E-state index in [1.165, 1.54) is 9.87 Å². The maximum Gasteiger partial charge on any atom is 0.326 e. The fourth-order valence-electron chi connectivity index (χ4n) is 5.26. The van der Waals surface area contributed by atoms with Gasteiger partial charge in [0.2, 0.25) is 15.9 Å². The number of hydrogen-bond donors (Lipinski definition) is 3. The van der Waals surface area contributed by atoms with Crippen LogP contribution >= 0.6 is 0 Å². The van der Waals surface area contributed by atoms with Gasteiger partial charge in [0.25, 0.3) is 0 Å². The van der Waals surface area contributed by atoms with Crippen molar-refractivity contribution in [2.75, 3.05) is 37.8 Å². The minimum atomic E-state index is -3.38. The highest BCUT2D eigenvalue weighted by Gasteiger charge is 2.33. The molecule has 1 amide bonds. The summed E-state index contributed by atoms with van der Waals surface area (Å²) in [6.07, 6.45) is 8.70. The zero-order chi connectivity index (χ0) is 25.7. The molecule has 1 saturated heterocycles. The van der Waals surface area contributed by atoms with Gasteiger partial charge in [-0.3, -0.25) is 4.79 Å². The molecular weight excluding hydrogens is 484 g/mol. The van der Waals surface area contributed by atoms with E-state index >= 15 is 0 Å². The largest absolute Gasteiger partial charge is 0.480 e. The van der Waals surface area contributed by atoms with Crippen molar-refractivity contribution in [2.24, 2.45) is 11.8 Å². The van der Waals surface area contributed by atoms with Gasteiger partial charge in [-0.05, 0) is 68.9 Å². The van der Waals surface area contributed by atoms with Crippen molar-refractivity contribution in [3.8, 4) is 0 Å². The van der Waals surface area contributed by atoms with E-state index in [1.807, 2.05) is 0 Å². The van der Waals surface area contributed by atoms with Crippen molar-refractivity contribution in [3.05, 3.63) is 23.4 Å². The predicted octanol–water partition coefficient (Wildman–Crippen LogP) is 1.80. The summed E-state index contributed by atoms with van der Waals surface area (Å²) in [5.41, 5.74) is 2.41. The number of anilines is 1. The maximum absolute atomic E-state index is 12.6. The Kier molecular flexibility index (Phi) is 8.84. The van der Waals surface area contributed by atoms with Gasteiger partial charge in [0.15, 0.2) is 0 Å². The van der Waals surface area contributed by atoms with Crippen LogP contribution in [-0.2, 0) is 37.2 Å². The molecule has 0 aromatic carbocycles. The van der Waals surface area contributed by atoms with E-state index in [2.05, 4.69) is 22.8 Å². The summed E-state index contributed by atoms with van der Waals surface area (Å²) in [7, 11) is -3.38. The zero-order valence-corrected chi connectivity index (χ0v) is 21.8. The maximum atomic E-state index is 12.6. The van der Waals surface area contributed by atoms with E-state index in [1.54, 1.807) is 0 Å². The number of carboxylic acids is 1. The Labute approximate surface area is 213 Å². The highest BCUT2D eigenvalue weighted by atomic mass is 32.2. The number of piperidine rings is 1. The summed E-state index contributed by atoms with van der Waals surface area (Å²) in [4.78, 5) is 29.0. The number of rotatable bonds is 11. The molecule has 36 heavy (non-hydrogen) atoms. The van der Waals surface area contributed by atoms with Crippen LogP contribution in [0.5, 0.6) is 0 Å². The minimum Gasteiger partial charge on any atom is -0.480 e. The molecule has 200 valence electrons. The first-order valence-electron chi connectivity index (χ1n) is 13.0. The fourth-order valence-corrected chi connectivity index (χ4v) is 6.18. The second-order valence-electron chi connectivity index (χ2n) is 10.4. The van der Waals surface area contributed by atoms with Crippen molar-refractivity contribution >= 4 is 27.7 Å². The standard InChI is InChI=1S/C25H38N4O6S/c1-36(33,34)29-12-3-5-19(16-29)24(30)28-22(25(31)32)10-13-35-21-14-17(15-21)6-8-20-9-7-18-4-2-11-26-23(18)27-20/h7,9,17,19,21-22H,2-6,8,10-16H2,1H3,(H,26,27)(H,28,30)(H,31,32)/t17?,19?,21?,22-/m1/s1. The summed E-state index contributed by atoms with van der Waals surface area (Å²) >= 11 is 0.